The number of carboxylic acids is 1. The van der Waals surface area contributed by atoms with Crippen LogP contribution in [0.25, 0.3) is 11.3 Å². The Labute approximate surface area is 114 Å². The second kappa shape index (κ2) is 5.60. The van der Waals surface area contributed by atoms with Crippen molar-refractivity contribution in [1.82, 2.24) is 10.2 Å². The van der Waals surface area contributed by atoms with Crippen molar-refractivity contribution in [2.75, 3.05) is 14.2 Å². The van der Waals surface area contributed by atoms with Crippen LogP contribution < -0.4 is 9.47 Å². The van der Waals surface area contributed by atoms with Crippen LogP contribution in [0.5, 0.6) is 11.5 Å². The molecule has 0 aliphatic heterocycles. The standard InChI is InChI=1S/C13H13FN2O4/c1-19-11-4-7(3-8(6-14)12(11)20-2)9-5-10(13(17)18)16-15-9/h3-5H,6H2,1-2H3,(H,15,16)(H,17,18). The van der Waals surface area contributed by atoms with Gasteiger partial charge in [0, 0.05) is 11.1 Å². The third kappa shape index (κ3) is 2.42. The lowest BCUT2D eigenvalue weighted by Gasteiger charge is -2.12. The van der Waals surface area contributed by atoms with Gasteiger partial charge in [-0.25, -0.2) is 9.18 Å². The van der Waals surface area contributed by atoms with Crippen LogP contribution in [-0.2, 0) is 6.67 Å². The molecule has 0 fully saturated rings. The van der Waals surface area contributed by atoms with Crippen LogP contribution in [-0.4, -0.2) is 35.5 Å². The second-order valence-corrected chi connectivity index (χ2v) is 3.98. The number of aromatic nitrogens is 2. The lowest BCUT2D eigenvalue weighted by atomic mass is 10.1. The SMILES string of the molecule is COc1cc(-c2cc(C(=O)O)[nH]n2)cc(CF)c1OC. The van der Waals surface area contributed by atoms with Crippen molar-refractivity contribution < 1.29 is 23.8 Å². The maximum Gasteiger partial charge on any atom is 0.353 e. The van der Waals surface area contributed by atoms with E-state index in [0.29, 0.717) is 28.3 Å². The summed E-state index contributed by atoms with van der Waals surface area (Å²) in [6.45, 7) is -0.733. The van der Waals surface area contributed by atoms with Crippen molar-refractivity contribution in [3.05, 3.63) is 29.5 Å². The van der Waals surface area contributed by atoms with Crippen molar-refractivity contribution in [1.29, 1.82) is 0 Å². The van der Waals surface area contributed by atoms with Crippen molar-refractivity contribution in [3.8, 4) is 22.8 Å². The Balaban J connectivity index is 2.53. The molecule has 2 aromatic rings. The van der Waals surface area contributed by atoms with Gasteiger partial charge in [-0.15, -0.1) is 0 Å². The summed E-state index contributed by atoms with van der Waals surface area (Å²) in [6, 6.07) is 4.52. The third-order valence-electron chi connectivity index (χ3n) is 2.80. The zero-order valence-electron chi connectivity index (χ0n) is 10.9. The molecule has 0 bridgehead atoms. The van der Waals surface area contributed by atoms with E-state index in [1.165, 1.54) is 20.3 Å². The molecular weight excluding hydrogens is 267 g/mol. The minimum atomic E-state index is -1.12. The fourth-order valence-electron chi connectivity index (χ4n) is 1.87. The normalized spacial score (nSPS) is 10.3. The van der Waals surface area contributed by atoms with E-state index in [2.05, 4.69) is 10.2 Å². The van der Waals surface area contributed by atoms with Crippen LogP contribution in [0.1, 0.15) is 16.1 Å². The fourth-order valence-corrected chi connectivity index (χ4v) is 1.87. The van der Waals surface area contributed by atoms with Crippen LogP contribution in [0, 0.1) is 0 Å². The van der Waals surface area contributed by atoms with Gasteiger partial charge in [-0.2, -0.15) is 5.10 Å². The summed E-state index contributed by atoms with van der Waals surface area (Å²) in [5.41, 5.74) is 1.19. The number of ether oxygens (including phenoxy) is 2. The first-order valence-corrected chi connectivity index (χ1v) is 5.70. The highest BCUT2D eigenvalue weighted by Crippen LogP contribution is 2.36. The average molecular weight is 280 g/mol. The van der Waals surface area contributed by atoms with Gasteiger partial charge in [-0.1, -0.05) is 0 Å². The predicted molar refractivity (Wildman–Crippen MR) is 68.9 cm³/mol. The van der Waals surface area contributed by atoms with E-state index in [-0.39, 0.29) is 5.69 Å². The van der Waals surface area contributed by atoms with Crippen molar-refractivity contribution >= 4 is 5.97 Å². The highest BCUT2D eigenvalue weighted by Gasteiger charge is 2.16. The van der Waals surface area contributed by atoms with E-state index in [1.807, 2.05) is 0 Å². The molecule has 0 saturated heterocycles. The number of nitrogens with zero attached hydrogens (tertiary/aromatic N) is 1. The van der Waals surface area contributed by atoms with Gasteiger partial charge >= 0.3 is 5.97 Å². The number of rotatable bonds is 5. The average Bonchev–Trinajstić information content (AvgIpc) is 2.95. The number of hydrogen-bond acceptors (Lipinski definition) is 4. The Morgan fingerprint density at radius 1 is 1.35 bits per heavy atom. The third-order valence-corrected chi connectivity index (χ3v) is 2.80. The maximum atomic E-state index is 13.1. The molecule has 0 aliphatic carbocycles. The number of carboxylic acid groups (broad SMARTS) is 1. The van der Waals surface area contributed by atoms with Crippen LogP contribution in [0.3, 0.4) is 0 Å². The predicted octanol–water partition coefficient (Wildman–Crippen LogP) is 2.26. The fraction of sp³-hybridized carbons (Fsp3) is 0.231. The first-order valence-electron chi connectivity index (χ1n) is 5.70. The molecule has 106 valence electrons. The summed E-state index contributed by atoms with van der Waals surface area (Å²) in [5.74, 6) is -0.444. The summed E-state index contributed by atoms with van der Waals surface area (Å²) in [4.78, 5) is 10.8. The number of carbonyl (C=O) groups is 1. The quantitative estimate of drug-likeness (QED) is 0.877. The first kappa shape index (κ1) is 13.9. The van der Waals surface area contributed by atoms with Crippen molar-refractivity contribution in [2.45, 2.75) is 6.67 Å². The molecule has 0 aliphatic rings. The Morgan fingerprint density at radius 3 is 2.60 bits per heavy atom. The molecule has 20 heavy (non-hydrogen) atoms. The summed E-state index contributed by atoms with van der Waals surface area (Å²) in [7, 11) is 2.87. The Hall–Kier alpha value is -2.57. The molecule has 1 aromatic carbocycles. The number of benzene rings is 1. The monoisotopic (exact) mass is 280 g/mol. The van der Waals surface area contributed by atoms with Crippen molar-refractivity contribution in [3.63, 3.8) is 0 Å². The van der Waals surface area contributed by atoms with E-state index in [9.17, 15) is 9.18 Å². The minimum absolute atomic E-state index is 0.0448. The van der Waals surface area contributed by atoms with E-state index >= 15 is 0 Å². The van der Waals surface area contributed by atoms with Crippen LogP contribution in [0.4, 0.5) is 4.39 Å². The minimum Gasteiger partial charge on any atom is -0.493 e. The lowest BCUT2D eigenvalue weighted by molar-refractivity contribution is 0.0690. The van der Waals surface area contributed by atoms with Gasteiger partial charge < -0.3 is 14.6 Å². The highest BCUT2D eigenvalue weighted by atomic mass is 19.1. The number of methoxy groups -OCH3 is 2. The molecule has 7 heteroatoms. The highest BCUT2D eigenvalue weighted by molar-refractivity contribution is 5.87. The number of hydrogen-bond donors (Lipinski definition) is 2. The van der Waals surface area contributed by atoms with Gasteiger partial charge in [0.15, 0.2) is 11.5 Å². The zero-order valence-corrected chi connectivity index (χ0v) is 10.9. The lowest BCUT2D eigenvalue weighted by Crippen LogP contribution is -1.96. The van der Waals surface area contributed by atoms with Gasteiger partial charge in [-0.05, 0) is 18.2 Å². The molecule has 0 saturated carbocycles. The molecule has 0 amide bonds. The largest absolute Gasteiger partial charge is 0.493 e. The van der Waals surface area contributed by atoms with Crippen LogP contribution in [0.2, 0.25) is 0 Å². The van der Waals surface area contributed by atoms with E-state index in [4.69, 9.17) is 14.6 Å². The molecule has 6 nitrogen and oxygen atoms in total. The number of nitrogens with one attached hydrogen (secondary N) is 1. The van der Waals surface area contributed by atoms with Crippen LogP contribution in [0.15, 0.2) is 18.2 Å². The maximum absolute atomic E-state index is 13.1. The molecule has 0 radical (unpaired) electrons. The second-order valence-electron chi connectivity index (χ2n) is 3.98. The van der Waals surface area contributed by atoms with Gasteiger partial charge in [-0.3, -0.25) is 5.10 Å². The number of halogens is 1. The van der Waals surface area contributed by atoms with Gasteiger partial charge in [0.1, 0.15) is 12.4 Å². The topological polar surface area (TPSA) is 84.4 Å². The summed E-state index contributed by atoms with van der Waals surface area (Å²) < 4.78 is 23.3. The molecule has 1 aromatic heterocycles. The number of H-pyrrole nitrogens is 1. The Morgan fingerprint density at radius 2 is 2.10 bits per heavy atom. The molecule has 1 heterocycles. The van der Waals surface area contributed by atoms with Gasteiger partial charge in [0.2, 0.25) is 0 Å². The molecule has 0 atom stereocenters. The molecule has 0 unspecified atom stereocenters. The zero-order chi connectivity index (χ0) is 14.7. The molecule has 2 N–H and O–H groups in total. The van der Waals surface area contributed by atoms with E-state index in [1.54, 1.807) is 12.1 Å². The Kier molecular flexibility index (Phi) is 3.88. The number of alkyl halides is 1. The Bertz CT molecular complexity index is 614. The van der Waals surface area contributed by atoms with E-state index in [0.717, 1.165) is 0 Å². The summed E-state index contributed by atoms with van der Waals surface area (Å²) in [6.07, 6.45) is 0. The van der Waals surface area contributed by atoms with Crippen LogP contribution >= 0.6 is 0 Å². The van der Waals surface area contributed by atoms with Gasteiger partial charge in [0.05, 0.1) is 19.9 Å². The van der Waals surface area contributed by atoms with Crippen molar-refractivity contribution in [2.24, 2.45) is 0 Å². The molecule has 0 spiro atoms. The van der Waals surface area contributed by atoms with Gasteiger partial charge in [0.25, 0.3) is 0 Å². The first-order chi connectivity index (χ1) is 9.60. The summed E-state index contributed by atoms with van der Waals surface area (Å²) in [5, 5.41) is 15.1. The smallest absolute Gasteiger partial charge is 0.353 e. The molecular formula is C13H13FN2O4. The summed E-state index contributed by atoms with van der Waals surface area (Å²) >= 11 is 0. The number of aromatic amines is 1. The molecule has 2 rings (SSSR count). The number of aromatic carboxylic acids is 1. The van der Waals surface area contributed by atoms with E-state index < -0.39 is 12.6 Å².